The van der Waals surface area contributed by atoms with Crippen LogP contribution in [0.4, 0.5) is 0 Å². The van der Waals surface area contributed by atoms with Crippen molar-refractivity contribution >= 4 is 11.8 Å². The lowest BCUT2D eigenvalue weighted by atomic mass is 9.81. The summed E-state index contributed by atoms with van der Waals surface area (Å²) >= 11 is 2.13. The van der Waals surface area contributed by atoms with Crippen LogP contribution in [-0.2, 0) is 0 Å². The minimum atomic E-state index is 0.562. The first-order valence-electron chi connectivity index (χ1n) is 4.86. The van der Waals surface area contributed by atoms with Crippen LogP contribution in [0.15, 0.2) is 0 Å². The van der Waals surface area contributed by atoms with Gasteiger partial charge in [0.2, 0.25) is 0 Å². The Morgan fingerprint density at radius 3 is 2.67 bits per heavy atom. The van der Waals surface area contributed by atoms with Crippen LogP contribution < -0.4 is 5.73 Å². The molecule has 2 unspecified atom stereocenters. The Morgan fingerprint density at radius 1 is 1.42 bits per heavy atom. The molecule has 2 N–H and O–H groups in total. The fourth-order valence-electron chi connectivity index (χ4n) is 2.74. The van der Waals surface area contributed by atoms with Crippen molar-refractivity contribution in [2.75, 3.05) is 18.1 Å². The van der Waals surface area contributed by atoms with Crippen molar-refractivity contribution in [1.29, 1.82) is 0 Å². The monoisotopic (exact) mass is 185 g/mol. The second-order valence-corrected chi connectivity index (χ2v) is 6.32. The molecule has 0 amide bonds. The molecule has 12 heavy (non-hydrogen) atoms. The van der Waals surface area contributed by atoms with Crippen molar-refractivity contribution in [3.63, 3.8) is 0 Å². The first-order chi connectivity index (χ1) is 5.58. The third-order valence-corrected chi connectivity index (χ3v) is 5.12. The van der Waals surface area contributed by atoms with E-state index in [9.17, 15) is 0 Å². The highest BCUT2D eigenvalue weighted by Crippen LogP contribution is 2.62. The van der Waals surface area contributed by atoms with Gasteiger partial charge in [0.15, 0.2) is 0 Å². The third kappa shape index (κ3) is 1.39. The number of nitrogens with two attached hydrogens (primary N) is 1. The fourth-order valence-corrected chi connectivity index (χ4v) is 4.36. The van der Waals surface area contributed by atoms with E-state index in [4.69, 9.17) is 5.73 Å². The molecule has 0 aromatic heterocycles. The van der Waals surface area contributed by atoms with Crippen molar-refractivity contribution in [2.45, 2.75) is 26.7 Å². The summed E-state index contributed by atoms with van der Waals surface area (Å²) in [6.45, 7) is 5.70. The quantitative estimate of drug-likeness (QED) is 0.677. The van der Waals surface area contributed by atoms with Gasteiger partial charge < -0.3 is 5.73 Å². The third-order valence-electron chi connectivity index (χ3n) is 3.36. The molecule has 0 radical (unpaired) electrons. The maximum atomic E-state index is 5.72. The zero-order chi connectivity index (χ0) is 8.82. The smallest absolute Gasteiger partial charge is 0.000715 e. The zero-order valence-electron chi connectivity index (χ0n) is 8.10. The minimum Gasteiger partial charge on any atom is -0.330 e. The molecule has 0 aromatic rings. The first-order valence-corrected chi connectivity index (χ1v) is 6.01. The lowest BCUT2D eigenvalue weighted by Crippen LogP contribution is -2.30. The summed E-state index contributed by atoms with van der Waals surface area (Å²) in [5, 5.41) is 0. The van der Waals surface area contributed by atoms with E-state index in [0.717, 1.165) is 12.5 Å². The number of hydrogen-bond donors (Lipinski definition) is 1. The zero-order valence-corrected chi connectivity index (χ0v) is 8.91. The van der Waals surface area contributed by atoms with E-state index in [0.29, 0.717) is 10.8 Å². The molecular weight excluding hydrogens is 166 g/mol. The second-order valence-electron chi connectivity index (χ2n) is 5.33. The van der Waals surface area contributed by atoms with Gasteiger partial charge in [-0.25, -0.2) is 0 Å². The predicted molar refractivity (Wildman–Crippen MR) is 55.3 cm³/mol. The van der Waals surface area contributed by atoms with Gasteiger partial charge in [0.1, 0.15) is 0 Å². The van der Waals surface area contributed by atoms with E-state index in [1.54, 1.807) is 0 Å². The average molecular weight is 185 g/mol. The van der Waals surface area contributed by atoms with Crippen LogP contribution in [0.25, 0.3) is 0 Å². The molecule has 1 saturated heterocycles. The summed E-state index contributed by atoms with van der Waals surface area (Å²) in [4.78, 5) is 0. The van der Waals surface area contributed by atoms with E-state index in [-0.39, 0.29) is 0 Å². The lowest BCUT2D eigenvalue weighted by Gasteiger charge is -2.35. The van der Waals surface area contributed by atoms with E-state index in [1.165, 1.54) is 24.3 Å². The maximum Gasteiger partial charge on any atom is -0.000715 e. The number of thioether (sulfide) groups is 1. The van der Waals surface area contributed by atoms with Gasteiger partial charge in [0, 0.05) is 0 Å². The van der Waals surface area contributed by atoms with Crippen LogP contribution in [-0.4, -0.2) is 18.1 Å². The molecule has 1 nitrogen and oxygen atoms in total. The molecule has 0 bridgehead atoms. The standard InChI is InChI=1S/C10H19NS/c1-9(2)5-10(7-12-6-9)3-8(10)4-11/h8H,3-7,11H2,1-2H3. The molecule has 1 aliphatic carbocycles. The molecule has 2 aliphatic rings. The summed E-state index contributed by atoms with van der Waals surface area (Å²) in [6.07, 6.45) is 2.81. The minimum absolute atomic E-state index is 0.562. The molecule has 1 aliphatic heterocycles. The molecule has 1 saturated carbocycles. The van der Waals surface area contributed by atoms with Crippen LogP contribution in [0.2, 0.25) is 0 Å². The topological polar surface area (TPSA) is 26.0 Å². The Hall–Kier alpha value is 0.310. The highest BCUT2D eigenvalue weighted by molar-refractivity contribution is 7.99. The van der Waals surface area contributed by atoms with Gasteiger partial charge >= 0.3 is 0 Å². The lowest BCUT2D eigenvalue weighted by molar-refractivity contribution is 0.275. The molecule has 2 rings (SSSR count). The molecule has 70 valence electrons. The van der Waals surface area contributed by atoms with Gasteiger partial charge in [0.05, 0.1) is 0 Å². The van der Waals surface area contributed by atoms with E-state index < -0.39 is 0 Å². The SMILES string of the molecule is CC1(C)CSCC2(CC2CN)C1. The van der Waals surface area contributed by atoms with Crippen LogP contribution in [0, 0.1) is 16.7 Å². The first kappa shape index (κ1) is 8.89. The summed E-state index contributed by atoms with van der Waals surface area (Å²) < 4.78 is 0. The van der Waals surface area contributed by atoms with Crippen molar-refractivity contribution in [3.8, 4) is 0 Å². The Balaban J connectivity index is 2.01. The highest BCUT2D eigenvalue weighted by atomic mass is 32.2. The van der Waals surface area contributed by atoms with E-state index in [1.807, 2.05) is 0 Å². The Kier molecular flexibility index (Phi) is 1.96. The Bertz CT molecular complexity index is 190. The second kappa shape index (κ2) is 2.65. The van der Waals surface area contributed by atoms with Gasteiger partial charge in [-0.05, 0) is 47.6 Å². The van der Waals surface area contributed by atoms with Crippen molar-refractivity contribution in [1.82, 2.24) is 0 Å². The van der Waals surface area contributed by atoms with Gasteiger partial charge in [-0.1, -0.05) is 13.8 Å². The van der Waals surface area contributed by atoms with Crippen molar-refractivity contribution < 1.29 is 0 Å². The van der Waals surface area contributed by atoms with Gasteiger partial charge in [0.25, 0.3) is 0 Å². The van der Waals surface area contributed by atoms with Crippen LogP contribution in [0.1, 0.15) is 26.7 Å². The molecule has 2 atom stereocenters. The summed E-state index contributed by atoms with van der Waals surface area (Å²) in [5.74, 6) is 3.56. The van der Waals surface area contributed by atoms with E-state index >= 15 is 0 Å². The summed E-state index contributed by atoms with van der Waals surface area (Å²) in [6, 6.07) is 0. The molecular formula is C10H19NS. The highest BCUT2D eigenvalue weighted by Gasteiger charge is 2.56. The molecule has 1 heterocycles. The molecule has 1 spiro atoms. The van der Waals surface area contributed by atoms with Gasteiger partial charge in [-0.3, -0.25) is 0 Å². The molecule has 0 aromatic carbocycles. The van der Waals surface area contributed by atoms with Gasteiger partial charge in [-0.15, -0.1) is 0 Å². The normalized spacial score (nSPS) is 44.8. The van der Waals surface area contributed by atoms with E-state index in [2.05, 4.69) is 25.6 Å². The number of rotatable bonds is 1. The summed E-state index contributed by atoms with van der Waals surface area (Å²) in [7, 11) is 0. The largest absolute Gasteiger partial charge is 0.330 e. The molecule has 2 heteroatoms. The Labute approximate surface area is 79.5 Å². The van der Waals surface area contributed by atoms with Crippen LogP contribution >= 0.6 is 11.8 Å². The maximum absolute atomic E-state index is 5.72. The summed E-state index contributed by atoms with van der Waals surface area (Å²) in [5.41, 5.74) is 6.95. The average Bonchev–Trinajstić information content (AvgIpc) is 2.60. The van der Waals surface area contributed by atoms with Crippen molar-refractivity contribution in [3.05, 3.63) is 0 Å². The number of hydrogen-bond acceptors (Lipinski definition) is 2. The molecule has 2 fully saturated rings. The van der Waals surface area contributed by atoms with Crippen molar-refractivity contribution in [2.24, 2.45) is 22.5 Å². The van der Waals surface area contributed by atoms with Gasteiger partial charge in [-0.2, -0.15) is 11.8 Å². The predicted octanol–water partition coefficient (Wildman–Crippen LogP) is 2.11. The fraction of sp³-hybridized carbons (Fsp3) is 1.00. The van der Waals surface area contributed by atoms with Crippen LogP contribution in [0.5, 0.6) is 0 Å². The Morgan fingerprint density at radius 2 is 2.17 bits per heavy atom. The van der Waals surface area contributed by atoms with Crippen LogP contribution in [0.3, 0.4) is 0 Å².